The molecule has 0 unspecified atom stereocenters. The largest absolute Gasteiger partial charge is 0.379 e. The highest BCUT2D eigenvalue weighted by Gasteiger charge is 2.31. The molecule has 0 saturated heterocycles. The van der Waals surface area contributed by atoms with Crippen molar-refractivity contribution < 1.29 is 17.9 Å². The van der Waals surface area contributed by atoms with Gasteiger partial charge in [-0.3, -0.25) is 9.10 Å². The van der Waals surface area contributed by atoms with Crippen molar-refractivity contribution in [2.75, 3.05) is 23.7 Å². The highest BCUT2D eigenvalue weighted by molar-refractivity contribution is 7.92. The summed E-state index contributed by atoms with van der Waals surface area (Å²) in [6.07, 6.45) is 2.35. The summed E-state index contributed by atoms with van der Waals surface area (Å²) in [6, 6.07) is 6.35. The van der Waals surface area contributed by atoms with Crippen molar-refractivity contribution in [3.05, 3.63) is 29.8 Å². The third kappa shape index (κ3) is 7.04. The van der Waals surface area contributed by atoms with Gasteiger partial charge in [-0.2, -0.15) is 0 Å². The minimum atomic E-state index is -3.59. The molecule has 0 aromatic heterocycles. The number of aryl methyl sites for hydroxylation is 1. The van der Waals surface area contributed by atoms with E-state index in [0.29, 0.717) is 31.7 Å². The minimum Gasteiger partial charge on any atom is -0.379 e. The van der Waals surface area contributed by atoms with Crippen LogP contribution in [0.25, 0.3) is 0 Å². The monoisotopic (exact) mass is 370 g/mol. The van der Waals surface area contributed by atoms with E-state index in [1.165, 1.54) is 4.31 Å². The van der Waals surface area contributed by atoms with Gasteiger partial charge in [0, 0.05) is 13.2 Å². The molecule has 142 valence electrons. The molecule has 1 N–H and O–H groups in total. The summed E-state index contributed by atoms with van der Waals surface area (Å²) in [6.45, 7) is 8.65. The second kappa shape index (κ2) is 9.77. The van der Waals surface area contributed by atoms with Crippen LogP contribution in [0.5, 0.6) is 0 Å². The Bertz CT molecular complexity index is 642. The summed E-state index contributed by atoms with van der Waals surface area (Å²) in [5.74, 6) is -0.293. The first-order valence-electron chi connectivity index (χ1n) is 8.62. The number of amides is 1. The van der Waals surface area contributed by atoms with Crippen LogP contribution in [0.1, 0.15) is 39.2 Å². The van der Waals surface area contributed by atoms with Gasteiger partial charge in [-0.25, -0.2) is 8.42 Å². The van der Waals surface area contributed by atoms with Gasteiger partial charge in [0.15, 0.2) is 0 Å². The number of anilines is 1. The highest BCUT2D eigenvalue weighted by atomic mass is 32.2. The molecule has 6 nitrogen and oxygen atoms in total. The molecule has 0 heterocycles. The van der Waals surface area contributed by atoms with Gasteiger partial charge in [-0.15, -0.1) is 0 Å². The van der Waals surface area contributed by atoms with Crippen molar-refractivity contribution in [3.63, 3.8) is 0 Å². The van der Waals surface area contributed by atoms with Crippen LogP contribution >= 0.6 is 0 Å². The number of hydrogen-bond donors (Lipinski definition) is 1. The van der Waals surface area contributed by atoms with Gasteiger partial charge >= 0.3 is 0 Å². The van der Waals surface area contributed by atoms with E-state index in [9.17, 15) is 13.2 Å². The molecule has 1 aromatic rings. The summed E-state index contributed by atoms with van der Waals surface area (Å²) in [7, 11) is -3.59. The maximum Gasteiger partial charge on any atom is 0.243 e. The molecule has 0 saturated carbocycles. The number of carbonyl (C=O) groups is 1. The maximum absolute atomic E-state index is 12.5. The zero-order valence-corrected chi connectivity index (χ0v) is 16.6. The Morgan fingerprint density at radius 2 is 1.84 bits per heavy atom. The van der Waals surface area contributed by atoms with E-state index < -0.39 is 16.1 Å². The van der Waals surface area contributed by atoms with Gasteiger partial charge in [0.1, 0.15) is 6.04 Å². The summed E-state index contributed by atoms with van der Waals surface area (Å²) in [4.78, 5) is 12.5. The third-order valence-corrected chi connectivity index (χ3v) is 4.87. The van der Waals surface area contributed by atoms with Crippen molar-refractivity contribution in [3.8, 4) is 0 Å². The van der Waals surface area contributed by atoms with Gasteiger partial charge in [0.2, 0.25) is 15.9 Å². The number of carbonyl (C=O) groups excluding carboxylic acids is 1. The number of hydrogen-bond acceptors (Lipinski definition) is 4. The first-order chi connectivity index (χ1) is 11.7. The van der Waals surface area contributed by atoms with Crippen LogP contribution in [-0.2, 0) is 19.6 Å². The molecular formula is C18H30N2O4S. The summed E-state index contributed by atoms with van der Waals surface area (Å²) < 4.78 is 31.2. The Hall–Kier alpha value is -1.60. The second-order valence-electron chi connectivity index (χ2n) is 6.38. The fourth-order valence-corrected chi connectivity index (χ4v) is 3.68. The predicted octanol–water partition coefficient (Wildman–Crippen LogP) is 2.47. The predicted molar refractivity (Wildman–Crippen MR) is 101 cm³/mol. The minimum absolute atomic E-state index is 0.154. The zero-order valence-electron chi connectivity index (χ0n) is 15.8. The number of sulfonamides is 1. The quantitative estimate of drug-likeness (QED) is 0.642. The fraction of sp³-hybridized carbons (Fsp3) is 0.611. The standard InChI is InChI=1S/C18H30N2O4S/c1-6-17(18(21)19-12-7-13-24-14(2)3)20(25(5,22)23)16-10-8-15(4)9-11-16/h8-11,14,17H,6-7,12-13H2,1-5H3,(H,19,21)/t17-/m1/s1. The Kier molecular flexibility index (Phi) is 8.38. The molecule has 7 heteroatoms. The Balaban J connectivity index is 2.84. The van der Waals surface area contributed by atoms with Crippen LogP contribution in [-0.4, -0.2) is 45.9 Å². The van der Waals surface area contributed by atoms with Crippen molar-refractivity contribution in [2.45, 2.75) is 52.7 Å². The lowest BCUT2D eigenvalue weighted by atomic mass is 10.1. The zero-order chi connectivity index (χ0) is 19.0. The van der Waals surface area contributed by atoms with Crippen LogP contribution < -0.4 is 9.62 Å². The first-order valence-corrected chi connectivity index (χ1v) is 10.5. The van der Waals surface area contributed by atoms with Gasteiger partial charge in [-0.05, 0) is 45.7 Å². The van der Waals surface area contributed by atoms with Gasteiger partial charge < -0.3 is 10.1 Å². The fourth-order valence-electron chi connectivity index (χ4n) is 2.47. The summed E-state index contributed by atoms with van der Waals surface area (Å²) in [5, 5.41) is 2.82. The molecule has 1 aromatic carbocycles. The Labute approximate surface area is 151 Å². The molecule has 0 aliphatic carbocycles. The topological polar surface area (TPSA) is 75.7 Å². The van der Waals surface area contributed by atoms with E-state index >= 15 is 0 Å². The van der Waals surface area contributed by atoms with Gasteiger partial charge in [0.25, 0.3) is 0 Å². The lowest BCUT2D eigenvalue weighted by Gasteiger charge is -2.30. The lowest BCUT2D eigenvalue weighted by Crippen LogP contribution is -2.49. The molecule has 25 heavy (non-hydrogen) atoms. The van der Waals surface area contributed by atoms with E-state index in [2.05, 4.69) is 5.32 Å². The molecule has 1 rings (SSSR count). The van der Waals surface area contributed by atoms with Crippen LogP contribution in [0.15, 0.2) is 24.3 Å². The molecule has 0 fully saturated rings. The first kappa shape index (κ1) is 21.4. The van der Waals surface area contributed by atoms with Crippen molar-refractivity contribution in [1.82, 2.24) is 5.32 Å². The molecule has 1 atom stereocenters. The number of benzene rings is 1. The number of nitrogens with zero attached hydrogens (tertiary/aromatic N) is 1. The Morgan fingerprint density at radius 1 is 1.24 bits per heavy atom. The maximum atomic E-state index is 12.5. The third-order valence-electron chi connectivity index (χ3n) is 3.69. The van der Waals surface area contributed by atoms with Crippen LogP contribution in [0.3, 0.4) is 0 Å². The Morgan fingerprint density at radius 3 is 2.32 bits per heavy atom. The molecule has 1 amide bonds. The smallest absolute Gasteiger partial charge is 0.243 e. The summed E-state index contributed by atoms with van der Waals surface area (Å²) in [5.41, 5.74) is 1.53. The van der Waals surface area contributed by atoms with Crippen molar-refractivity contribution >= 4 is 21.6 Å². The molecule has 0 aliphatic heterocycles. The van der Waals surface area contributed by atoms with Crippen molar-refractivity contribution in [2.24, 2.45) is 0 Å². The second-order valence-corrected chi connectivity index (χ2v) is 8.24. The van der Waals surface area contributed by atoms with Crippen LogP contribution in [0.4, 0.5) is 5.69 Å². The average molecular weight is 371 g/mol. The number of ether oxygens (including phenoxy) is 1. The van der Waals surface area contributed by atoms with Crippen molar-refractivity contribution in [1.29, 1.82) is 0 Å². The number of rotatable bonds is 10. The van der Waals surface area contributed by atoms with Crippen LogP contribution in [0.2, 0.25) is 0 Å². The lowest BCUT2D eigenvalue weighted by molar-refractivity contribution is -0.122. The van der Waals surface area contributed by atoms with E-state index in [4.69, 9.17) is 4.74 Å². The molecule has 0 aliphatic rings. The van der Waals surface area contributed by atoms with Crippen LogP contribution in [0, 0.1) is 6.92 Å². The molecule has 0 spiro atoms. The molecule has 0 bridgehead atoms. The summed E-state index contributed by atoms with van der Waals surface area (Å²) >= 11 is 0. The van der Waals surface area contributed by atoms with E-state index in [1.54, 1.807) is 19.1 Å². The van der Waals surface area contributed by atoms with Gasteiger partial charge in [-0.1, -0.05) is 24.6 Å². The number of nitrogens with one attached hydrogen (secondary N) is 1. The highest BCUT2D eigenvalue weighted by Crippen LogP contribution is 2.22. The molecule has 0 radical (unpaired) electrons. The average Bonchev–Trinajstić information content (AvgIpc) is 2.51. The molecular weight excluding hydrogens is 340 g/mol. The van der Waals surface area contributed by atoms with E-state index in [1.807, 2.05) is 32.9 Å². The normalized spacial score (nSPS) is 12.9. The van der Waals surface area contributed by atoms with E-state index in [0.717, 1.165) is 11.8 Å². The SMILES string of the molecule is CC[C@H](C(=O)NCCCOC(C)C)N(c1ccc(C)cc1)S(C)(=O)=O. The van der Waals surface area contributed by atoms with Gasteiger partial charge in [0.05, 0.1) is 18.0 Å². The van der Waals surface area contributed by atoms with E-state index in [-0.39, 0.29) is 12.0 Å².